The lowest BCUT2D eigenvalue weighted by Crippen LogP contribution is -2.46. The van der Waals surface area contributed by atoms with E-state index in [0.717, 1.165) is 25.7 Å². The number of nitrogens with one attached hydrogen (secondary N) is 1. The monoisotopic (exact) mass is 511 g/mol. The van der Waals surface area contributed by atoms with Gasteiger partial charge in [0.1, 0.15) is 22.5 Å². The van der Waals surface area contributed by atoms with E-state index in [0.29, 0.717) is 28.5 Å². The van der Waals surface area contributed by atoms with E-state index < -0.39 is 29.6 Å². The summed E-state index contributed by atoms with van der Waals surface area (Å²) in [6, 6.07) is 10.8. The molecule has 3 aromatic rings. The van der Waals surface area contributed by atoms with Crippen LogP contribution in [0, 0.1) is 5.82 Å². The van der Waals surface area contributed by atoms with Crippen molar-refractivity contribution in [1.29, 1.82) is 0 Å². The fourth-order valence-electron chi connectivity index (χ4n) is 4.30. The van der Waals surface area contributed by atoms with Gasteiger partial charge in [-0.25, -0.2) is 4.39 Å². The molecule has 36 heavy (non-hydrogen) atoms. The van der Waals surface area contributed by atoms with Crippen molar-refractivity contribution in [2.75, 3.05) is 17.7 Å². The Hall–Kier alpha value is -3.99. The molecule has 0 bridgehead atoms. The number of nitrogens with zero attached hydrogens (tertiary/aromatic N) is 2. The maximum absolute atomic E-state index is 14.0. The molecule has 188 valence electrons. The minimum Gasteiger partial charge on any atom is -0.497 e. The van der Waals surface area contributed by atoms with Gasteiger partial charge in [0.05, 0.1) is 12.8 Å². The summed E-state index contributed by atoms with van der Waals surface area (Å²) in [5.74, 6) is -1.99. The lowest BCUT2D eigenvalue weighted by atomic mass is 10.0. The Morgan fingerprint density at radius 2 is 1.86 bits per heavy atom. The Balaban J connectivity index is 1.86. The lowest BCUT2D eigenvalue weighted by molar-refractivity contribution is -0.123. The topological polar surface area (TPSA) is 141 Å². The fraction of sp³-hybridized carbons (Fsp3) is 0.280. The van der Waals surface area contributed by atoms with Gasteiger partial charge in [0.25, 0.3) is 11.8 Å². The number of anilines is 2. The number of carbonyl (C=O) groups excluding carboxylic acids is 3. The van der Waals surface area contributed by atoms with Crippen LogP contribution in [-0.4, -0.2) is 35.2 Å². The van der Waals surface area contributed by atoms with E-state index in [1.807, 2.05) is 0 Å². The number of methoxy groups -OCH3 is 1. The number of rotatable bonds is 8. The molecule has 1 atom stereocenters. The molecule has 5 N–H and O–H groups in total. The van der Waals surface area contributed by atoms with Gasteiger partial charge < -0.3 is 21.5 Å². The van der Waals surface area contributed by atoms with E-state index in [1.54, 1.807) is 24.3 Å². The molecule has 0 saturated heterocycles. The average molecular weight is 512 g/mol. The second-order valence-corrected chi connectivity index (χ2v) is 9.23. The number of ether oxygens (including phenoxy) is 1. The smallest absolute Gasteiger partial charge is 0.273 e. The van der Waals surface area contributed by atoms with E-state index in [4.69, 9.17) is 16.2 Å². The van der Waals surface area contributed by atoms with E-state index in [1.165, 1.54) is 36.3 Å². The van der Waals surface area contributed by atoms with Crippen molar-refractivity contribution in [3.63, 3.8) is 0 Å². The Kier molecular flexibility index (Phi) is 7.49. The van der Waals surface area contributed by atoms with Crippen molar-refractivity contribution < 1.29 is 23.5 Å². The largest absolute Gasteiger partial charge is 0.497 e. The first-order valence-corrected chi connectivity index (χ1v) is 12.2. The fourth-order valence-corrected chi connectivity index (χ4v) is 5.04. The number of amides is 3. The molecule has 0 aliphatic heterocycles. The summed E-state index contributed by atoms with van der Waals surface area (Å²) in [6.45, 7) is 0. The molecule has 1 aliphatic carbocycles. The Bertz CT molecular complexity index is 1270. The summed E-state index contributed by atoms with van der Waals surface area (Å²) in [6.07, 6.45) is 3.66. The van der Waals surface area contributed by atoms with Crippen molar-refractivity contribution in [2.24, 2.45) is 5.73 Å². The van der Waals surface area contributed by atoms with Crippen molar-refractivity contribution >= 4 is 40.6 Å². The highest BCUT2D eigenvalue weighted by atomic mass is 32.1. The van der Waals surface area contributed by atoms with Gasteiger partial charge in [-0.2, -0.15) is 4.37 Å². The second-order valence-electron chi connectivity index (χ2n) is 8.46. The molecule has 1 heterocycles. The molecule has 4 rings (SSSR count). The summed E-state index contributed by atoms with van der Waals surface area (Å²) in [4.78, 5) is 40.7. The molecule has 2 aromatic carbocycles. The van der Waals surface area contributed by atoms with E-state index in [2.05, 4.69) is 9.69 Å². The Labute approximate surface area is 211 Å². The Morgan fingerprint density at radius 1 is 1.17 bits per heavy atom. The van der Waals surface area contributed by atoms with Crippen molar-refractivity contribution in [1.82, 2.24) is 9.69 Å². The number of halogens is 1. The number of benzene rings is 2. The maximum Gasteiger partial charge on any atom is 0.273 e. The highest BCUT2D eigenvalue weighted by molar-refractivity contribution is 7.09. The third-order valence-electron chi connectivity index (χ3n) is 6.10. The van der Waals surface area contributed by atoms with E-state index in [-0.39, 0.29) is 22.3 Å². The van der Waals surface area contributed by atoms with Gasteiger partial charge in [0.2, 0.25) is 5.91 Å². The van der Waals surface area contributed by atoms with E-state index >= 15 is 0 Å². The van der Waals surface area contributed by atoms with Crippen LogP contribution in [0.15, 0.2) is 48.5 Å². The molecule has 9 nitrogen and oxygen atoms in total. The number of carbonyl (C=O) groups is 3. The predicted molar refractivity (Wildman–Crippen MR) is 134 cm³/mol. The highest BCUT2D eigenvalue weighted by Crippen LogP contribution is 2.35. The summed E-state index contributed by atoms with van der Waals surface area (Å²) in [5.41, 5.74) is 11.8. The molecule has 0 radical (unpaired) electrons. The van der Waals surface area contributed by atoms with Crippen LogP contribution in [-0.2, 0) is 4.79 Å². The predicted octanol–water partition coefficient (Wildman–Crippen LogP) is 3.42. The molecule has 1 fully saturated rings. The van der Waals surface area contributed by atoms with Crippen LogP contribution in [0.25, 0.3) is 0 Å². The molecular weight excluding hydrogens is 485 g/mol. The lowest BCUT2D eigenvalue weighted by Gasteiger charge is -2.32. The van der Waals surface area contributed by atoms with E-state index in [9.17, 15) is 18.8 Å². The summed E-state index contributed by atoms with van der Waals surface area (Å²) in [5, 5.41) is 3.04. The SMILES string of the molecule is COc1cccc(N(C(=O)c2snc(C(N)=O)c2N)C(C(=O)NC2CCCC2)c2ccc(F)cc2)c1. The zero-order valence-electron chi connectivity index (χ0n) is 19.6. The zero-order valence-corrected chi connectivity index (χ0v) is 20.4. The molecule has 1 aliphatic rings. The number of hydrogen-bond acceptors (Lipinski definition) is 7. The number of nitrogen functional groups attached to an aromatic ring is 1. The molecule has 1 saturated carbocycles. The van der Waals surface area contributed by atoms with Crippen LogP contribution < -0.4 is 26.4 Å². The van der Waals surface area contributed by atoms with Gasteiger partial charge >= 0.3 is 0 Å². The van der Waals surface area contributed by atoms with Crippen molar-refractivity contribution in [3.8, 4) is 5.75 Å². The summed E-state index contributed by atoms with van der Waals surface area (Å²) < 4.78 is 23.1. The van der Waals surface area contributed by atoms with Crippen LogP contribution in [0.3, 0.4) is 0 Å². The maximum atomic E-state index is 14.0. The molecule has 0 spiro atoms. The molecule has 1 unspecified atom stereocenters. The van der Waals surface area contributed by atoms with Gasteiger partial charge in [-0.3, -0.25) is 19.3 Å². The minimum atomic E-state index is -1.18. The first kappa shape index (κ1) is 25.1. The van der Waals surface area contributed by atoms with Gasteiger partial charge in [-0.1, -0.05) is 31.0 Å². The normalized spacial score (nSPS) is 14.3. The van der Waals surface area contributed by atoms with Crippen molar-refractivity contribution in [2.45, 2.75) is 37.8 Å². The van der Waals surface area contributed by atoms with Crippen LogP contribution >= 0.6 is 11.5 Å². The quantitative estimate of drug-likeness (QED) is 0.423. The Morgan fingerprint density at radius 3 is 2.47 bits per heavy atom. The zero-order chi connectivity index (χ0) is 25.8. The summed E-state index contributed by atoms with van der Waals surface area (Å²) in [7, 11) is 1.48. The summed E-state index contributed by atoms with van der Waals surface area (Å²) >= 11 is 0.715. The van der Waals surface area contributed by atoms with Crippen molar-refractivity contribution in [3.05, 3.63) is 70.5 Å². The van der Waals surface area contributed by atoms with Crippen LogP contribution in [0.1, 0.15) is 57.4 Å². The van der Waals surface area contributed by atoms with Crippen LogP contribution in [0.5, 0.6) is 5.75 Å². The van der Waals surface area contributed by atoms with Crippen LogP contribution in [0.4, 0.5) is 15.8 Å². The number of aromatic nitrogens is 1. The third kappa shape index (κ3) is 5.15. The first-order chi connectivity index (χ1) is 17.3. The van der Waals surface area contributed by atoms with Gasteiger partial charge in [0.15, 0.2) is 5.69 Å². The third-order valence-corrected chi connectivity index (χ3v) is 6.95. The number of nitrogens with two attached hydrogens (primary N) is 2. The number of hydrogen-bond donors (Lipinski definition) is 3. The first-order valence-electron chi connectivity index (χ1n) is 11.4. The molecule has 3 amide bonds. The van der Waals surface area contributed by atoms with Gasteiger partial charge in [-0.15, -0.1) is 0 Å². The number of primary amides is 1. The molecule has 1 aromatic heterocycles. The van der Waals surface area contributed by atoms with Gasteiger partial charge in [-0.05, 0) is 54.2 Å². The minimum absolute atomic E-state index is 0.0300. The average Bonchev–Trinajstić information content (AvgIpc) is 3.52. The molecular formula is C25H26FN5O4S. The van der Waals surface area contributed by atoms with Crippen LogP contribution in [0.2, 0.25) is 0 Å². The van der Waals surface area contributed by atoms with Gasteiger partial charge in [0, 0.05) is 17.8 Å². The second kappa shape index (κ2) is 10.7. The highest BCUT2D eigenvalue weighted by Gasteiger charge is 2.37. The standard InChI is InChI=1S/C25H26FN5O4S/c1-35-18-8-4-7-17(13-18)31(25(34)22-19(27)20(23(28)32)30-36-22)21(14-9-11-15(26)12-10-14)24(33)29-16-5-2-3-6-16/h4,7-13,16,21H,2-3,5-6,27H2,1H3,(H2,28,32)(H,29,33). The molecule has 11 heteroatoms.